The summed E-state index contributed by atoms with van der Waals surface area (Å²) in [6, 6.07) is 0.813. The summed E-state index contributed by atoms with van der Waals surface area (Å²) in [5, 5.41) is 3.63. The topological polar surface area (TPSA) is 15.3 Å². The number of hydrogen-bond donors (Lipinski definition) is 1. The zero-order chi connectivity index (χ0) is 19.4. The monoisotopic (exact) mass is 380 g/mol. The minimum Gasteiger partial charge on any atom is -0.315 e. The van der Waals surface area contributed by atoms with Gasteiger partial charge >= 0.3 is 0 Å². The lowest BCUT2D eigenvalue weighted by atomic mass is 10.0. The molecule has 1 N–H and O–H groups in total. The SMILES string of the molecule is CCCCCCCCCCN(CCCCCCCCCC)C1CCCNC1. The van der Waals surface area contributed by atoms with Gasteiger partial charge < -0.3 is 5.32 Å². The molecule has 0 aliphatic carbocycles. The van der Waals surface area contributed by atoms with Crippen LogP contribution >= 0.6 is 0 Å². The zero-order valence-electron chi connectivity index (χ0n) is 19.1. The average molecular weight is 381 g/mol. The molecule has 1 saturated heterocycles. The molecule has 1 fully saturated rings. The molecule has 1 atom stereocenters. The highest BCUT2D eigenvalue weighted by molar-refractivity contribution is 4.78. The van der Waals surface area contributed by atoms with Crippen molar-refractivity contribution in [2.24, 2.45) is 0 Å². The van der Waals surface area contributed by atoms with Crippen LogP contribution in [0.3, 0.4) is 0 Å². The van der Waals surface area contributed by atoms with E-state index in [4.69, 9.17) is 0 Å². The molecule has 1 aliphatic heterocycles. The lowest BCUT2D eigenvalue weighted by Gasteiger charge is -2.35. The molecule has 1 rings (SSSR count). The molecule has 0 amide bonds. The fourth-order valence-electron chi connectivity index (χ4n) is 4.52. The van der Waals surface area contributed by atoms with E-state index in [2.05, 4.69) is 24.1 Å². The summed E-state index contributed by atoms with van der Waals surface area (Å²) in [6.07, 6.45) is 25.8. The quantitative estimate of drug-likeness (QED) is 0.236. The van der Waals surface area contributed by atoms with Crippen LogP contribution in [0.25, 0.3) is 0 Å². The van der Waals surface area contributed by atoms with Crippen LogP contribution in [0.4, 0.5) is 0 Å². The second-order valence-electron chi connectivity index (χ2n) is 8.99. The van der Waals surface area contributed by atoms with Crippen LogP contribution in [0.15, 0.2) is 0 Å². The third-order valence-electron chi connectivity index (χ3n) is 6.39. The van der Waals surface area contributed by atoms with E-state index < -0.39 is 0 Å². The Morgan fingerprint density at radius 3 is 1.48 bits per heavy atom. The van der Waals surface area contributed by atoms with E-state index in [9.17, 15) is 0 Å². The van der Waals surface area contributed by atoms with Crippen LogP contribution in [0, 0.1) is 0 Å². The molecule has 2 nitrogen and oxygen atoms in total. The second kappa shape index (κ2) is 19.2. The summed E-state index contributed by atoms with van der Waals surface area (Å²) < 4.78 is 0. The first kappa shape index (κ1) is 25.0. The van der Waals surface area contributed by atoms with Crippen molar-refractivity contribution < 1.29 is 0 Å². The molecule has 1 aliphatic rings. The van der Waals surface area contributed by atoms with Crippen molar-refractivity contribution in [3.05, 3.63) is 0 Å². The van der Waals surface area contributed by atoms with Crippen molar-refractivity contribution in [3.8, 4) is 0 Å². The van der Waals surface area contributed by atoms with Gasteiger partial charge in [0.1, 0.15) is 0 Å². The molecule has 1 unspecified atom stereocenters. The molecule has 0 aromatic rings. The Hall–Kier alpha value is -0.0800. The maximum Gasteiger partial charge on any atom is 0.0221 e. The summed E-state index contributed by atoms with van der Waals surface area (Å²) in [4.78, 5) is 2.85. The minimum absolute atomic E-state index is 0.813. The molecule has 0 saturated carbocycles. The highest BCUT2D eigenvalue weighted by Gasteiger charge is 2.19. The van der Waals surface area contributed by atoms with Gasteiger partial charge in [0.2, 0.25) is 0 Å². The molecule has 0 bridgehead atoms. The van der Waals surface area contributed by atoms with E-state index in [-0.39, 0.29) is 0 Å². The van der Waals surface area contributed by atoms with Gasteiger partial charge in [-0.05, 0) is 45.3 Å². The normalized spacial score (nSPS) is 17.7. The fraction of sp³-hybridized carbons (Fsp3) is 1.00. The Kier molecular flexibility index (Phi) is 17.8. The number of rotatable bonds is 19. The average Bonchev–Trinajstić information content (AvgIpc) is 2.71. The Bertz CT molecular complexity index is 266. The molecule has 0 aromatic heterocycles. The summed E-state index contributed by atoms with van der Waals surface area (Å²) in [7, 11) is 0. The largest absolute Gasteiger partial charge is 0.315 e. The van der Waals surface area contributed by atoms with Gasteiger partial charge in [-0.2, -0.15) is 0 Å². The molecule has 27 heavy (non-hydrogen) atoms. The highest BCUT2D eigenvalue weighted by atomic mass is 15.2. The maximum atomic E-state index is 3.63. The van der Waals surface area contributed by atoms with Gasteiger partial charge in [0.15, 0.2) is 0 Å². The summed E-state index contributed by atoms with van der Waals surface area (Å²) >= 11 is 0. The highest BCUT2D eigenvalue weighted by Crippen LogP contribution is 2.16. The Morgan fingerprint density at radius 2 is 1.07 bits per heavy atom. The number of nitrogens with one attached hydrogen (secondary N) is 1. The zero-order valence-corrected chi connectivity index (χ0v) is 19.1. The Balaban J connectivity index is 2.10. The van der Waals surface area contributed by atoms with E-state index in [1.807, 2.05) is 0 Å². The van der Waals surface area contributed by atoms with Gasteiger partial charge in [-0.1, -0.05) is 104 Å². The molecule has 2 heteroatoms. The third kappa shape index (κ3) is 14.6. The van der Waals surface area contributed by atoms with Gasteiger partial charge in [0, 0.05) is 12.6 Å². The van der Waals surface area contributed by atoms with E-state index >= 15 is 0 Å². The van der Waals surface area contributed by atoms with Crippen LogP contribution in [0.5, 0.6) is 0 Å². The van der Waals surface area contributed by atoms with Gasteiger partial charge in [-0.25, -0.2) is 0 Å². The minimum atomic E-state index is 0.813. The van der Waals surface area contributed by atoms with Crippen LogP contribution in [0.1, 0.15) is 129 Å². The van der Waals surface area contributed by atoms with Crippen molar-refractivity contribution in [2.75, 3.05) is 26.2 Å². The van der Waals surface area contributed by atoms with Crippen LogP contribution in [0.2, 0.25) is 0 Å². The molecular weight excluding hydrogens is 328 g/mol. The van der Waals surface area contributed by atoms with Crippen LogP contribution in [-0.2, 0) is 0 Å². The molecule has 162 valence electrons. The first-order valence-corrected chi connectivity index (χ1v) is 12.8. The lowest BCUT2D eigenvalue weighted by molar-refractivity contribution is 0.159. The van der Waals surface area contributed by atoms with E-state index in [0.29, 0.717) is 0 Å². The standard InChI is InChI=1S/C25H52N2/c1-3-5-7-9-11-13-15-17-22-27(25-20-19-21-26-24-25)23-18-16-14-12-10-8-6-4-2/h25-26H,3-24H2,1-2H3. The van der Waals surface area contributed by atoms with Crippen molar-refractivity contribution in [3.63, 3.8) is 0 Å². The Morgan fingerprint density at radius 1 is 0.630 bits per heavy atom. The number of piperidine rings is 1. The summed E-state index contributed by atoms with van der Waals surface area (Å²) in [5.41, 5.74) is 0. The maximum absolute atomic E-state index is 3.63. The summed E-state index contributed by atoms with van der Waals surface area (Å²) in [6.45, 7) is 9.77. The summed E-state index contributed by atoms with van der Waals surface area (Å²) in [5.74, 6) is 0. The lowest BCUT2D eigenvalue weighted by Crippen LogP contribution is -2.46. The van der Waals surface area contributed by atoms with Crippen molar-refractivity contribution in [1.29, 1.82) is 0 Å². The van der Waals surface area contributed by atoms with E-state index in [1.54, 1.807) is 0 Å². The Labute approximate surface area is 172 Å². The predicted octanol–water partition coefficient (Wildman–Crippen LogP) is 7.32. The fourth-order valence-corrected chi connectivity index (χ4v) is 4.52. The smallest absolute Gasteiger partial charge is 0.0221 e. The molecule has 0 spiro atoms. The number of unbranched alkanes of at least 4 members (excludes halogenated alkanes) is 14. The molecule has 0 radical (unpaired) electrons. The van der Waals surface area contributed by atoms with Crippen molar-refractivity contribution in [1.82, 2.24) is 10.2 Å². The van der Waals surface area contributed by atoms with Crippen LogP contribution in [-0.4, -0.2) is 37.1 Å². The molecule has 0 aromatic carbocycles. The van der Waals surface area contributed by atoms with Crippen molar-refractivity contribution >= 4 is 0 Å². The van der Waals surface area contributed by atoms with Gasteiger partial charge in [0.05, 0.1) is 0 Å². The van der Waals surface area contributed by atoms with Crippen molar-refractivity contribution in [2.45, 2.75) is 135 Å². The van der Waals surface area contributed by atoms with Crippen LogP contribution < -0.4 is 5.32 Å². The molecule has 1 heterocycles. The van der Waals surface area contributed by atoms with E-state index in [0.717, 1.165) is 6.04 Å². The predicted molar refractivity (Wildman–Crippen MR) is 123 cm³/mol. The second-order valence-corrected chi connectivity index (χ2v) is 8.99. The van der Waals surface area contributed by atoms with Gasteiger partial charge in [-0.15, -0.1) is 0 Å². The number of hydrogen-bond acceptors (Lipinski definition) is 2. The number of nitrogens with zero attached hydrogens (tertiary/aromatic N) is 1. The van der Waals surface area contributed by atoms with Gasteiger partial charge in [-0.3, -0.25) is 4.90 Å². The van der Waals surface area contributed by atoms with Gasteiger partial charge in [0.25, 0.3) is 0 Å². The molecular formula is C25H52N2. The first-order chi connectivity index (χ1) is 13.4. The third-order valence-corrected chi connectivity index (χ3v) is 6.39. The van der Waals surface area contributed by atoms with E-state index in [1.165, 1.54) is 142 Å². The first-order valence-electron chi connectivity index (χ1n) is 12.8.